The van der Waals surface area contributed by atoms with Gasteiger partial charge >= 0.3 is 0 Å². The fourth-order valence-corrected chi connectivity index (χ4v) is 2.49. The van der Waals surface area contributed by atoms with E-state index in [0.29, 0.717) is 19.0 Å². The normalized spacial score (nSPS) is 17.3. The van der Waals surface area contributed by atoms with Gasteiger partial charge in [0.1, 0.15) is 0 Å². The molecular formula is C16H27Cl2N3O2. The van der Waals surface area contributed by atoms with Crippen LogP contribution in [0.1, 0.15) is 12.5 Å². The molecule has 132 valence electrons. The molecule has 1 saturated heterocycles. The topological polar surface area (TPSA) is 67.6 Å². The molecule has 3 N–H and O–H groups in total. The van der Waals surface area contributed by atoms with Crippen LogP contribution >= 0.6 is 24.8 Å². The van der Waals surface area contributed by atoms with Gasteiger partial charge in [-0.05, 0) is 18.9 Å². The summed E-state index contributed by atoms with van der Waals surface area (Å²) in [5.41, 5.74) is 7.05. The quantitative estimate of drug-likeness (QED) is 0.797. The van der Waals surface area contributed by atoms with E-state index in [2.05, 4.69) is 17.1 Å². The van der Waals surface area contributed by atoms with Crippen molar-refractivity contribution in [2.75, 3.05) is 32.8 Å². The zero-order valence-electron chi connectivity index (χ0n) is 13.4. The highest BCUT2D eigenvalue weighted by molar-refractivity contribution is 5.85. The molecule has 5 nitrogen and oxygen atoms in total. The molecule has 7 heteroatoms. The number of carbonyl (C=O) groups excluding carboxylic acids is 1. The van der Waals surface area contributed by atoms with Crippen molar-refractivity contribution in [3.05, 3.63) is 35.9 Å². The van der Waals surface area contributed by atoms with Crippen molar-refractivity contribution < 1.29 is 9.53 Å². The van der Waals surface area contributed by atoms with Crippen molar-refractivity contribution in [1.82, 2.24) is 10.2 Å². The summed E-state index contributed by atoms with van der Waals surface area (Å²) < 4.78 is 5.33. The standard InChI is InChI=1S/C16H25N3O2.2ClH/c1-13(19-7-9-21-10-8-19)12-18-16(20)15(17)11-14-5-3-2-4-6-14;;/h2-6,13,15H,7-12,17H2,1H3,(H,18,20);2*1H. The van der Waals surface area contributed by atoms with Crippen molar-refractivity contribution >= 4 is 30.7 Å². The molecule has 23 heavy (non-hydrogen) atoms. The number of morpholine rings is 1. The summed E-state index contributed by atoms with van der Waals surface area (Å²) in [4.78, 5) is 14.4. The molecule has 2 unspecified atom stereocenters. The van der Waals surface area contributed by atoms with Gasteiger partial charge in [0.2, 0.25) is 5.91 Å². The Hall–Kier alpha value is -0.850. The number of nitrogens with one attached hydrogen (secondary N) is 1. The first-order valence-corrected chi connectivity index (χ1v) is 7.56. The van der Waals surface area contributed by atoms with Gasteiger partial charge in [-0.15, -0.1) is 24.8 Å². The molecule has 1 fully saturated rings. The average molecular weight is 364 g/mol. The molecule has 0 aliphatic carbocycles. The molecule has 0 bridgehead atoms. The van der Waals surface area contributed by atoms with Crippen LogP contribution in [0.15, 0.2) is 30.3 Å². The molecule has 1 aliphatic rings. The number of hydrogen-bond donors (Lipinski definition) is 2. The van der Waals surface area contributed by atoms with Crippen molar-refractivity contribution in [1.29, 1.82) is 0 Å². The first kappa shape index (κ1) is 22.1. The lowest BCUT2D eigenvalue weighted by molar-refractivity contribution is -0.122. The monoisotopic (exact) mass is 363 g/mol. The lowest BCUT2D eigenvalue weighted by Crippen LogP contribution is -2.50. The predicted molar refractivity (Wildman–Crippen MR) is 97.5 cm³/mol. The van der Waals surface area contributed by atoms with E-state index in [-0.39, 0.29) is 30.7 Å². The molecule has 0 spiro atoms. The van der Waals surface area contributed by atoms with E-state index in [0.717, 1.165) is 31.9 Å². The van der Waals surface area contributed by atoms with Gasteiger partial charge in [0, 0.05) is 25.7 Å². The van der Waals surface area contributed by atoms with Crippen LogP contribution < -0.4 is 11.1 Å². The van der Waals surface area contributed by atoms with Crippen LogP contribution in [-0.4, -0.2) is 55.7 Å². The molecule has 1 amide bonds. The van der Waals surface area contributed by atoms with Crippen LogP contribution in [0, 0.1) is 0 Å². The highest BCUT2D eigenvalue weighted by atomic mass is 35.5. The van der Waals surface area contributed by atoms with Gasteiger partial charge < -0.3 is 15.8 Å². The minimum Gasteiger partial charge on any atom is -0.379 e. The fourth-order valence-electron chi connectivity index (χ4n) is 2.49. The fraction of sp³-hybridized carbons (Fsp3) is 0.562. The molecule has 0 aromatic heterocycles. The van der Waals surface area contributed by atoms with E-state index in [9.17, 15) is 4.79 Å². The Morgan fingerprint density at radius 3 is 2.48 bits per heavy atom. The smallest absolute Gasteiger partial charge is 0.237 e. The highest BCUT2D eigenvalue weighted by Crippen LogP contribution is 2.04. The summed E-state index contributed by atoms with van der Waals surface area (Å²) in [6.45, 7) is 6.13. The van der Waals surface area contributed by atoms with Crippen LogP contribution in [0.3, 0.4) is 0 Å². The number of halogens is 2. The molecular weight excluding hydrogens is 337 g/mol. The number of rotatable bonds is 6. The maximum Gasteiger partial charge on any atom is 0.237 e. The number of carbonyl (C=O) groups is 1. The van der Waals surface area contributed by atoms with Crippen molar-refractivity contribution in [3.8, 4) is 0 Å². The van der Waals surface area contributed by atoms with Gasteiger partial charge in [-0.3, -0.25) is 9.69 Å². The Labute approximate surface area is 150 Å². The molecule has 2 atom stereocenters. The van der Waals surface area contributed by atoms with E-state index in [1.165, 1.54) is 0 Å². The largest absolute Gasteiger partial charge is 0.379 e. The highest BCUT2D eigenvalue weighted by Gasteiger charge is 2.19. The lowest BCUT2D eigenvalue weighted by atomic mass is 10.1. The third-order valence-corrected chi connectivity index (χ3v) is 3.88. The van der Waals surface area contributed by atoms with Gasteiger partial charge in [0.25, 0.3) is 0 Å². The summed E-state index contributed by atoms with van der Waals surface area (Å²) in [5.74, 6) is -0.0843. The SMILES string of the molecule is CC(CNC(=O)C(N)Cc1ccccc1)N1CCOCC1.Cl.Cl. The molecule has 0 radical (unpaired) electrons. The zero-order chi connectivity index (χ0) is 15.1. The molecule has 1 aromatic carbocycles. The summed E-state index contributed by atoms with van der Waals surface area (Å²) >= 11 is 0. The Morgan fingerprint density at radius 2 is 1.87 bits per heavy atom. The number of amides is 1. The number of benzene rings is 1. The molecule has 0 saturated carbocycles. The van der Waals surface area contributed by atoms with Crippen molar-refractivity contribution in [2.45, 2.75) is 25.4 Å². The Kier molecular flexibility index (Phi) is 11.2. The van der Waals surface area contributed by atoms with E-state index in [1.807, 2.05) is 30.3 Å². The third-order valence-electron chi connectivity index (χ3n) is 3.88. The minimum absolute atomic E-state index is 0. The lowest BCUT2D eigenvalue weighted by Gasteiger charge is -2.32. The van der Waals surface area contributed by atoms with Crippen LogP contribution in [0.25, 0.3) is 0 Å². The number of nitrogens with two attached hydrogens (primary N) is 1. The Morgan fingerprint density at radius 1 is 1.26 bits per heavy atom. The summed E-state index contributed by atoms with van der Waals surface area (Å²) in [5, 5.41) is 2.95. The first-order valence-electron chi connectivity index (χ1n) is 7.56. The van der Waals surface area contributed by atoms with E-state index in [1.54, 1.807) is 0 Å². The summed E-state index contributed by atoms with van der Waals surface area (Å²) in [6.07, 6.45) is 0.568. The summed E-state index contributed by atoms with van der Waals surface area (Å²) in [6, 6.07) is 9.67. The second-order valence-corrected chi connectivity index (χ2v) is 5.54. The van der Waals surface area contributed by atoms with Crippen LogP contribution in [0.5, 0.6) is 0 Å². The van der Waals surface area contributed by atoms with Crippen LogP contribution in [0.2, 0.25) is 0 Å². The van der Waals surface area contributed by atoms with Gasteiger partial charge in [-0.2, -0.15) is 0 Å². The third kappa shape index (κ3) is 7.50. The molecule has 2 rings (SSSR count). The maximum absolute atomic E-state index is 12.1. The predicted octanol–water partition coefficient (Wildman–Crippen LogP) is 1.24. The van der Waals surface area contributed by atoms with Crippen LogP contribution in [-0.2, 0) is 16.0 Å². The number of ether oxygens (including phenoxy) is 1. The second-order valence-electron chi connectivity index (χ2n) is 5.54. The average Bonchev–Trinajstić information content (AvgIpc) is 2.54. The Bertz CT molecular complexity index is 442. The first-order chi connectivity index (χ1) is 10.2. The van der Waals surface area contributed by atoms with E-state index in [4.69, 9.17) is 10.5 Å². The van der Waals surface area contributed by atoms with Gasteiger partial charge in [0.05, 0.1) is 19.3 Å². The van der Waals surface area contributed by atoms with Crippen molar-refractivity contribution in [2.24, 2.45) is 5.73 Å². The second kappa shape index (κ2) is 11.6. The Balaban J connectivity index is 0.00000242. The number of hydrogen-bond acceptors (Lipinski definition) is 4. The summed E-state index contributed by atoms with van der Waals surface area (Å²) in [7, 11) is 0. The van der Waals surface area contributed by atoms with E-state index < -0.39 is 6.04 Å². The number of nitrogens with zero attached hydrogens (tertiary/aromatic N) is 1. The maximum atomic E-state index is 12.1. The van der Waals surface area contributed by atoms with E-state index >= 15 is 0 Å². The van der Waals surface area contributed by atoms with Crippen LogP contribution in [0.4, 0.5) is 0 Å². The van der Waals surface area contributed by atoms with Crippen molar-refractivity contribution in [3.63, 3.8) is 0 Å². The molecule has 1 aromatic rings. The van der Waals surface area contributed by atoms with Gasteiger partial charge in [-0.1, -0.05) is 30.3 Å². The zero-order valence-corrected chi connectivity index (χ0v) is 15.1. The van der Waals surface area contributed by atoms with Gasteiger partial charge in [0.15, 0.2) is 0 Å². The minimum atomic E-state index is -0.496. The molecule has 1 aliphatic heterocycles. The molecule has 1 heterocycles. The van der Waals surface area contributed by atoms with Gasteiger partial charge in [-0.25, -0.2) is 0 Å².